The van der Waals surface area contributed by atoms with Crippen LogP contribution in [0, 0.1) is 0 Å². The van der Waals surface area contributed by atoms with E-state index in [9.17, 15) is 9.90 Å². The van der Waals surface area contributed by atoms with Crippen LogP contribution in [0.1, 0.15) is 37.3 Å². The van der Waals surface area contributed by atoms with Gasteiger partial charge in [-0.2, -0.15) is 0 Å². The standard InChI is InChI=1S/C31H29N3O4S/c1-5-19(2)20-10-12-21(13-11-20)26-18-39-31(33-26)32-17-25-23-8-6-7-9-24(23)29(35)34(30(25)36)22-14-15-27(37-3)28(16-22)38-4/h6-19,36H,5H2,1-4H3. The Hall–Kier alpha value is -4.43. The molecule has 3 aromatic carbocycles. The zero-order valence-electron chi connectivity index (χ0n) is 22.2. The van der Waals surface area contributed by atoms with Crippen LogP contribution in [-0.2, 0) is 0 Å². The molecule has 0 saturated carbocycles. The first-order valence-electron chi connectivity index (χ1n) is 12.6. The third kappa shape index (κ3) is 5.03. The summed E-state index contributed by atoms with van der Waals surface area (Å²) in [6.07, 6.45) is 2.65. The van der Waals surface area contributed by atoms with Crippen molar-refractivity contribution >= 4 is 33.5 Å². The maximum absolute atomic E-state index is 13.5. The van der Waals surface area contributed by atoms with E-state index < -0.39 is 0 Å². The Balaban J connectivity index is 1.55. The Kier molecular flexibility index (Phi) is 7.47. The molecule has 0 aliphatic rings. The van der Waals surface area contributed by atoms with Crippen LogP contribution in [0.2, 0.25) is 0 Å². The molecule has 0 aliphatic heterocycles. The van der Waals surface area contributed by atoms with Crippen LogP contribution in [0.25, 0.3) is 27.7 Å². The van der Waals surface area contributed by atoms with E-state index in [4.69, 9.17) is 9.47 Å². The van der Waals surface area contributed by atoms with E-state index in [1.165, 1.54) is 35.7 Å². The highest BCUT2D eigenvalue weighted by Gasteiger charge is 2.18. The lowest BCUT2D eigenvalue weighted by Crippen LogP contribution is -2.20. The van der Waals surface area contributed by atoms with Crippen molar-refractivity contribution in [1.29, 1.82) is 0 Å². The van der Waals surface area contributed by atoms with E-state index in [1.807, 2.05) is 11.4 Å². The van der Waals surface area contributed by atoms with E-state index >= 15 is 0 Å². The normalized spacial score (nSPS) is 12.2. The first-order valence-corrected chi connectivity index (χ1v) is 13.5. The molecule has 39 heavy (non-hydrogen) atoms. The number of benzene rings is 3. The van der Waals surface area contributed by atoms with Crippen molar-refractivity contribution in [3.8, 4) is 34.3 Å². The highest BCUT2D eigenvalue weighted by atomic mass is 32.1. The van der Waals surface area contributed by atoms with Gasteiger partial charge in [0.25, 0.3) is 5.56 Å². The van der Waals surface area contributed by atoms with Gasteiger partial charge in [-0.25, -0.2) is 14.5 Å². The van der Waals surface area contributed by atoms with Crippen LogP contribution in [-0.4, -0.2) is 35.1 Å². The fourth-order valence-corrected chi connectivity index (χ4v) is 5.16. The van der Waals surface area contributed by atoms with Crippen molar-refractivity contribution in [2.24, 2.45) is 4.99 Å². The lowest BCUT2D eigenvalue weighted by Gasteiger charge is -2.15. The number of aromatic hydroxyl groups is 1. The number of methoxy groups -OCH3 is 2. The second-order valence-corrected chi connectivity index (χ2v) is 10.0. The minimum atomic E-state index is -0.357. The second kappa shape index (κ2) is 11.1. The average Bonchev–Trinajstić information content (AvgIpc) is 3.45. The lowest BCUT2D eigenvalue weighted by molar-refractivity contribution is 0.354. The van der Waals surface area contributed by atoms with Gasteiger partial charge in [-0.1, -0.05) is 56.3 Å². The molecule has 5 rings (SSSR count). The van der Waals surface area contributed by atoms with E-state index in [2.05, 4.69) is 48.1 Å². The predicted molar refractivity (Wildman–Crippen MR) is 158 cm³/mol. The highest BCUT2D eigenvalue weighted by molar-refractivity contribution is 7.13. The molecule has 1 N–H and O–H groups in total. The molecule has 0 saturated heterocycles. The van der Waals surface area contributed by atoms with Gasteiger partial charge in [0.2, 0.25) is 11.0 Å². The molecule has 2 aromatic heterocycles. The summed E-state index contributed by atoms with van der Waals surface area (Å²) in [7, 11) is 3.06. The van der Waals surface area contributed by atoms with Gasteiger partial charge in [0.1, 0.15) is 0 Å². The number of hydrogen-bond donors (Lipinski definition) is 1. The number of hydrogen-bond acceptors (Lipinski definition) is 7. The Bertz CT molecular complexity index is 1720. The zero-order valence-corrected chi connectivity index (χ0v) is 23.0. The number of aromatic nitrogens is 2. The van der Waals surface area contributed by atoms with Gasteiger partial charge in [-0.3, -0.25) is 4.79 Å². The number of pyridine rings is 1. The number of rotatable bonds is 8. The summed E-state index contributed by atoms with van der Waals surface area (Å²) in [5.74, 6) is 1.24. The lowest BCUT2D eigenvalue weighted by atomic mass is 9.97. The SMILES string of the molecule is CCC(C)c1ccc(-c2csc(N=Cc3c(O)n(-c4ccc(OC)c(OC)c4)c(=O)c4ccccc34)n2)cc1. The molecule has 0 amide bonds. The topological polar surface area (TPSA) is 85.9 Å². The fraction of sp³-hybridized carbons (Fsp3) is 0.194. The monoisotopic (exact) mass is 539 g/mol. The third-order valence-electron chi connectivity index (χ3n) is 6.91. The summed E-state index contributed by atoms with van der Waals surface area (Å²) < 4.78 is 12.0. The Labute approximate surface area is 230 Å². The maximum atomic E-state index is 13.5. The fourth-order valence-electron chi connectivity index (χ4n) is 4.49. The number of aliphatic imine (C=N–C) groups is 1. The predicted octanol–water partition coefficient (Wildman–Crippen LogP) is 7.10. The van der Waals surface area contributed by atoms with Crippen molar-refractivity contribution in [3.63, 3.8) is 0 Å². The summed E-state index contributed by atoms with van der Waals surface area (Å²) in [6, 6.07) is 20.6. The van der Waals surface area contributed by atoms with Crippen LogP contribution < -0.4 is 15.0 Å². The van der Waals surface area contributed by atoms with Crippen molar-refractivity contribution in [2.75, 3.05) is 14.2 Å². The van der Waals surface area contributed by atoms with Gasteiger partial charge in [-0.05, 0) is 36.1 Å². The van der Waals surface area contributed by atoms with Gasteiger partial charge in [0.15, 0.2) is 11.5 Å². The molecular formula is C31H29N3O4S. The maximum Gasteiger partial charge on any atom is 0.265 e. The molecule has 0 spiro atoms. The van der Waals surface area contributed by atoms with Crippen LogP contribution in [0.15, 0.2) is 81.9 Å². The Morgan fingerprint density at radius 1 is 1.03 bits per heavy atom. The molecule has 0 bridgehead atoms. The van der Waals surface area contributed by atoms with Gasteiger partial charge < -0.3 is 14.6 Å². The summed E-state index contributed by atoms with van der Waals surface area (Å²) in [5, 5.41) is 14.9. The summed E-state index contributed by atoms with van der Waals surface area (Å²) in [5.41, 5.74) is 3.66. The summed E-state index contributed by atoms with van der Waals surface area (Å²) >= 11 is 1.41. The first-order chi connectivity index (χ1) is 18.9. The van der Waals surface area contributed by atoms with Crippen molar-refractivity contribution in [2.45, 2.75) is 26.2 Å². The van der Waals surface area contributed by atoms with Gasteiger partial charge in [0.05, 0.1) is 31.2 Å². The summed E-state index contributed by atoms with van der Waals surface area (Å²) in [6.45, 7) is 4.40. The summed E-state index contributed by atoms with van der Waals surface area (Å²) in [4.78, 5) is 22.7. The van der Waals surface area contributed by atoms with E-state index in [0.29, 0.717) is 44.6 Å². The van der Waals surface area contributed by atoms with E-state index in [-0.39, 0.29) is 11.4 Å². The van der Waals surface area contributed by atoms with Crippen LogP contribution >= 0.6 is 11.3 Å². The Morgan fingerprint density at radius 3 is 2.44 bits per heavy atom. The quantitative estimate of drug-likeness (QED) is 0.213. The molecule has 1 unspecified atom stereocenters. The molecule has 2 heterocycles. The largest absolute Gasteiger partial charge is 0.494 e. The van der Waals surface area contributed by atoms with Gasteiger partial charge in [0, 0.05) is 34.0 Å². The molecule has 0 fully saturated rings. The zero-order chi connectivity index (χ0) is 27.5. The minimum absolute atomic E-state index is 0.230. The smallest absolute Gasteiger partial charge is 0.265 e. The second-order valence-electron chi connectivity index (χ2n) is 9.17. The average molecular weight is 540 g/mol. The van der Waals surface area contributed by atoms with Gasteiger partial charge >= 0.3 is 0 Å². The number of nitrogens with zero attached hydrogens (tertiary/aromatic N) is 3. The molecular weight excluding hydrogens is 510 g/mol. The van der Waals surface area contributed by atoms with Crippen LogP contribution in [0.4, 0.5) is 5.13 Å². The molecule has 0 radical (unpaired) electrons. The van der Waals surface area contributed by atoms with Crippen molar-refractivity contribution < 1.29 is 14.6 Å². The Morgan fingerprint density at radius 2 is 1.74 bits per heavy atom. The third-order valence-corrected chi connectivity index (χ3v) is 7.66. The number of fused-ring (bicyclic) bond motifs is 1. The van der Waals surface area contributed by atoms with E-state index in [1.54, 1.807) is 42.6 Å². The first kappa shape index (κ1) is 26.2. The molecule has 8 heteroatoms. The molecule has 7 nitrogen and oxygen atoms in total. The van der Waals surface area contributed by atoms with Crippen LogP contribution in [0.3, 0.4) is 0 Å². The number of thiazole rings is 1. The van der Waals surface area contributed by atoms with E-state index in [0.717, 1.165) is 17.7 Å². The van der Waals surface area contributed by atoms with Crippen LogP contribution in [0.5, 0.6) is 17.4 Å². The molecule has 1 atom stereocenters. The van der Waals surface area contributed by atoms with Gasteiger partial charge in [-0.15, -0.1) is 11.3 Å². The molecule has 0 aliphatic carbocycles. The molecule has 198 valence electrons. The molecule has 5 aromatic rings. The number of ether oxygens (including phenoxy) is 2. The van der Waals surface area contributed by atoms with Crippen molar-refractivity contribution in [1.82, 2.24) is 9.55 Å². The highest BCUT2D eigenvalue weighted by Crippen LogP contribution is 2.33. The minimum Gasteiger partial charge on any atom is -0.494 e. The van der Waals surface area contributed by atoms with Crippen molar-refractivity contribution in [3.05, 3.63) is 93.6 Å².